The maximum absolute atomic E-state index is 6.97. The standard InChI is InChI=1S/C22H52O6Si4/c1-13-17-19-21(5,15-3)23-32(24-22(6,16-4)20-18-14-2)27-30(9,10)25-29(7,8)26-31(11,12)28-32/h13-20H2,1-12H3. The van der Waals surface area contributed by atoms with Gasteiger partial charge in [-0.25, -0.2) is 0 Å². The van der Waals surface area contributed by atoms with Crippen LogP contribution in [-0.4, -0.2) is 45.9 Å². The summed E-state index contributed by atoms with van der Waals surface area (Å²) in [6, 6.07) is 0. The summed E-state index contributed by atoms with van der Waals surface area (Å²) in [5.74, 6) is 0. The van der Waals surface area contributed by atoms with Crippen molar-refractivity contribution in [3.05, 3.63) is 0 Å². The Morgan fingerprint density at radius 2 is 0.875 bits per heavy atom. The third kappa shape index (κ3) is 9.71. The predicted octanol–water partition coefficient (Wildman–Crippen LogP) is 7.36. The summed E-state index contributed by atoms with van der Waals surface area (Å²) in [5.41, 5.74) is -0.772. The molecule has 0 aliphatic carbocycles. The third-order valence-corrected chi connectivity index (χ3v) is 21.4. The normalized spacial score (nSPS) is 25.9. The summed E-state index contributed by atoms with van der Waals surface area (Å²) in [6.07, 6.45) is 8.01. The zero-order valence-electron chi connectivity index (χ0n) is 23.1. The number of unbranched alkanes of at least 4 members (excludes halogenated alkanes) is 2. The van der Waals surface area contributed by atoms with Gasteiger partial charge in [0.2, 0.25) is 0 Å². The molecule has 0 spiro atoms. The Hall–Kier alpha value is 0.628. The van der Waals surface area contributed by atoms with Crippen LogP contribution in [0.3, 0.4) is 0 Å². The molecule has 10 heteroatoms. The first-order chi connectivity index (χ1) is 14.5. The molecular weight excluding hydrogens is 473 g/mol. The summed E-state index contributed by atoms with van der Waals surface area (Å²) in [7, 11) is -11.3. The topological polar surface area (TPSA) is 55.4 Å². The smallest absolute Gasteiger partial charge is 0.416 e. The third-order valence-electron chi connectivity index (χ3n) is 6.08. The molecule has 0 aromatic heterocycles. The fourth-order valence-corrected chi connectivity index (χ4v) is 23.1. The highest BCUT2D eigenvalue weighted by atomic mass is 28.5. The van der Waals surface area contributed by atoms with Gasteiger partial charge in [-0.05, 0) is 78.8 Å². The lowest BCUT2D eigenvalue weighted by atomic mass is 9.96. The zero-order chi connectivity index (χ0) is 24.9. The van der Waals surface area contributed by atoms with Crippen LogP contribution in [0.2, 0.25) is 39.3 Å². The molecule has 2 atom stereocenters. The van der Waals surface area contributed by atoms with Crippen molar-refractivity contribution in [3.63, 3.8) is 0 Å². The van der Waals surface area contributed by atoms with E-state index in [2.05, 4.69) is 80.8 Å². The SMILES string of the molecule is CCCCC(C)(CC)O[Si]1(OC(C)(CC)CCCC)O[Si](C)(C)O[Si](C)(C)O[Si](C)(C)O1. The predicted molar refractivity (Wildman–Crippen MR) is 141 cm³/mol. The van der Waals surface area contributed by atoms with Gasteiger partial charge in [0.1, 0.15) is 0 Å². The molecule has 32 heavy (non-hydrogen) atoms. The Balaban J connectivity index is 3.53. The van der Waals surface area contributed by atoms with Crippen molar-refractivity contribution in [1.82, 2.24) is 0 Å². The fourth-order valence-electron chi connectivity index (χ4n) is 4.28. The second-order valence-corrected chi connectivity index (χ2v) is 24.2. The molecule has 6 nitrogen and oxygen atoms in total. The van der Waals surface area contributed by atoms with E-state index in [1.54, 1.807) is 0 Å². The molecule has 2 unspecified atom stereocenters. The van der Waals surface area contributed by atoms with Gasteiger partial charge in [0, 0.05) is 0 Å². The van der Waals surface area contributed by atoms with Crippen molar-refractivity contribution in [2.45, 2.75) is 143 Å². The molecule has 1 heterocycles. The Morgan fingerprint density at radius 1 is 0.562 bits per heavy atom. The summed E-state index contributed by atoms with van der Waals surface area (Å²) < 4.78 is 40.8. The molecule has 0 amide bonds. The molecule has 192 valence electrons. The maximum atomic E-state index is 6.97. The van der Waals surface area contributed by atoms with Crippen LogP contribution in [0.1, 0.15) is 92.9 Å². The maximum Gasteiger partial charge on any atom is 0.662 e. The minimum Gasteiger partial charge on any atom is -0.416 e. The summed E-state index contributed by atoms with van der Waals surface area (Å²) in [4.78, 5) is 0. The van der Waals surface area contributed by atoms with Crippen molar-refractivity contribution in [2.75, 3.05) is 0 Å². The molecule has 0 aromatic rings. The van der Waals surface area contributed by atoms with Crippen LogP contribution in [0.4, 0.5) is 0 Å². The Bertz CT molecular complexity index is 541. The van der Waals surface area contributed by atoms with Crippen LogP contribution in [0.5, 0.6) is 0 Å². The van der Waals surface area contributed by atoms with E-state index in [1.165, 1.54) is 0 Å². The zero-order valence-corrected chi connectivity index (χ0v) is 27.1. The molecule has 0 saturated carbocycles. The summed E-state index contributed by atoms with van der Waals surface area (Å²) in [5, 5.41) is 0. The first-order valence-corrected chi connectivity index (χ1v) is 22.8. The first kappa shape index (κ1) is 30.7. The van der Waals surface area contributed by atoms with Gasteiger partial charge in [0.15, 0.2) is 0 Å². The quantitative estimate of drug-likeness (QED) is 0.249. The van der Waals surface area contributed by atoms with Gasteiger partial charge in [0.05, 0.1) is 11.2 Å². The molecule has 0 aromatic carbocycles. The van der Waals surface area contributed by atoms with Gasteiger partial charge in [0.25, 0.3) is 0 Å². The Morgan fingerprint density at radius 3 is 1.16 bits per heavy atom. The van der Waals surface area contributed by atoms with Crippen molar-refractivity contribution < 1.29 is 25.3 Å². The van der Waals surface area contributed by atoms with E-state index in [4.69, 9.17) is 25.3 Å². The fraction of sp³-hybridized carbons (Fsp3) is 1.00. The molecule has 1 saturated heterocycles. The number of hydrogen-bond acceptors (Lipinski definition) is 6. The summed E-state index contributed by atoms with van der Waals surface area (Å²) >= 11 is 0. The minimum atomic E-state index is -3.62. The van der Waals surface area contributed by atoms with E-state index in [-0.39, 0.29) is 11.2 Å². The Labute approximate surface area is 203 Å². The lowest BCUT2D eigenvalue weighted by Crippen LogP contribution is -2.71. The van der Waals surface area contributed by atoms with Crippen molar-refractivity contribution in [1.29, 1.82) is 0 Å². The van der Waals surface area contributed by atoms with Gasteiger partial charge in [-0.1, -0.05) is 53.4 Å². The lowest BCUT2D eigenvalue weighted by Gasteiger charge is -2.50. The van der Waals surface area contributed by atoms with Gasteiger partial charge < -0.3 is 25.3 Å². The van der Waals surface area contributed by atoms with Gasteiger partial charge in [-0.15, -0.1) is 0 Å². The minimum absolute atomic E-state index is 0.386. The highest BCUT2D eigenvalue weighted by Crippen LogP contribution is 2.39. The molecule has 0 N–H and O–H groups in total. The van der Waals surface area contributed by atoms with Crippen LogP contribution in [-0.2, 0) is 25.3 Å². The second kappa shape index (κ2) is 11.6. The molecular formula is C22H52O6Si4. The average Bonchev–Trinajstić information content (AvgIpc) is 2.60. The Kier molecular flexibility index (Phi) is 11.1. The van der Waals surface area contributed by atoms with Gasteiger partial charge in [-0.2, -0.15) is 0 Å². The van der Waals surface area contributed by atoms with Crippen molar-refractivity contribution in [3.8, 4) is 0 Å². The first-order valence-electron chi connectivity index (χ1n) is 12.7. The molecule has 1 rings (SSSR count). The van der Waals surface area contributed by atoms with Gasteiger partial charge >= 0.3 is 34.7 Å². The van der Waals surface area contributed by atoms with Crippen LogP contribution >= 0.6 is 0 Å². The monoisotopic (exact) mass is 524 g/mol. The van der Waals surface area contributed by atoms with Crippen LogP contribution in [0, 0.1) is 0 Å². The number of rotatable bonds is 12. The molecule has 1 fully saturated rings. The van der Waals surface area contributed by atoms with E-state index in [0.717, 1.165) is 51.4 Å². The highest BCUT2D eigenvalue weighted by Gasteiger charge is 2.63. The van der Waals surface area contributed by atoms with E-state index in [9.17, 15) is 0 Å². The average molecular weight is 525 g/mol. The van der Waals surface area contributed by atoms with E-state index in [1.807, 2.05) is 0 Å². The van der Waals surface area contributed by atoms with Crippen molar-refractivity contribution in [2.24, 2.45) is 0 Å². The lowest BCUT2D eigenvalue weighted by molar-refractivity contribution is -0.102. The van der Waals surface area contributed by atoms with E-state index < -0.39 is 34.7 Å². The second-order valence-electron chi connectivity index (χ2n) is 11.1. The van der Waals surface area contributed by atoms with E-state index in [0.29, 0.717) is 0 Å². The van der Waals surface area contributed by atoms with Gasteiger partial charge in [-0.3, -0.25) is 0 Å². The molecule has 0 radical (unpaired) electrons. The molecule has 1 aliphatic heterocycles. The van der Waals surface area contributed by atoms with Crippen LogP contribution < -0.4 is 0 Å². The summed E-state index contributed by atoms with van der Waals surface area (Å²) in [6.45, 7) is 25.5. The number of hydrogen-bond donors (Lipinski definition) is 0. The largest absolute Gasteiger partial charge is 0.662 e. The van der Waals surface area contributed by atoms with Crippen molar-refractivity contribution >= 4 is 34.7 Å². The van der Waals surface area contributed by atoms with E-state index >= 15 is 0 Å². The van der Waals surface area contributed by atoms with Crippen LogP contribution in [0.25, 0.3) is 0 Å². The van der Waals surface area contributed by atoms with Crippen LogP contribution in [0.15, 0.2) is 0 Å². The molecule has 1 aliphatic rings. The molecule has 0 bridgehead atoms. The highest BCUT2D eigenvalue weighted by molar-refractivity contribution is 6.90.